The average molecular weight is 494 g/mol. The second-order valence-electron chi connectivity index (χ2n) is 8.83. The third-order valence-corrected chi connectivity index (χ3v) is 6.97. The van der Waals surface area contributed by atoms with Gasteiger partial charge in [0.15, 0.2) is 0 Å². The number of fused-ring (bicyclic) bond motifs is 1. The number of ether oxygens (including phenoxy) is 1. The summed E-state index contributed by atoms with van der Waals surface area (Å²) in [7, 11) is 0. The Labute approximate surface area is 209 Å². The smallest absolute Gasteiger partial charge is 0.376 e. The first-order valence-corrected chi connectivity index (χ1v) is 12.4. The molecule has 35 heavy (non-hydrogen) atoms. The number of amides is 1. The van der Waals surface area contributed by atoms with E-state index in [-0.39, 0.29) is 18.3 Å². The molecule has 1 amide bonds. The Morgan fingerprint density at radius 3 is 2.49 bits per heavy atom. The van der Waals surface area contributed by atoms with Gasteiger partial charge >= 0.3 is 5.97 Å². The number of hydrogen-bond donors (Lipinski definition) is 0. The number of carbonyl (C=O) groups excluding carboxylic acids is 2. The highest BCUT2D eigenvalue weighted by Crippen LogP contribution is 2.29. The highest BCUT2D eigenvalue weighted by Gasteiger charge is 2.33. The van der Waals surface area contributed by atoms with E-state index >= 15 is 0 Å². The molecule has 1 unspecified atom stereocenters. The second kappa shape index (κ2) is 10.2. The molecule has 2 aliphatic heterocycles. The van der Waals surface area contributed by atoms with Crippen LogP contribution in [0.15, 0.2) is 48.5 Å². The van der Waals surface area contributed by atoms with E-state index in [1.165, 1.54) is 0 Å². The molecule has 0 aliphatic carbocycles. The molecule has 3 aromatic rings. The topological polar surface area (TPSA) is 78.9 Å². The molecule has 0 bridgehead atoms. The zero-order chi connectivity index (χ0) is 24.4. The van der Waals surface area contributed by atoms with Gasteiger partial charge in [0.25, 0.3) is 5.91 Å². The van der Waals surface area contributed by atoms with Crippen molar-refractivity contribution in [1.29, 1.82) is 0 Å². The summed E-state index contributed by atoms with van der Waals surface area (Å²) in [6, 6.07) is 15.2. The predicted molar refractivity (Wildman–Crippen MR) is 135 cm³/mol. The monoisotopic (exact) mass is 493 g/mol. The average Bonchev–Trinajstić information content (AvgIpc) is 3.38. The molecule has 0 saturated carbocycles. The van der Waals surface area contributed by atoms with Crippen LogP contribution in [0.3, 0.4) is 0 Å². The van der Waals surface area contributed by atoms with Gasteiger partial charge in [-0.3, -0.25) is 9.69 Å². The molecule has 0 spiro atoms. The molecule has 2 aliphatic rings. The zero-order valence-electron chi connectivity index (χ0n) is 19.7. The fourth-order valence-electron chi connectivity index (χ4n) is 4.89. The van der Waals surface area contributed by atoms with E-state index in [0.29, 0.717) is 29.7 Å². The van der Waals surface area contributed by atoms with Gasteiger partial charge in [0, 0.05) is 61.3 Å². The number of esters is 1. The van der Waals surface area contributed by atoms with E-state index in [1.807, 2.05) is 29.2 Å². The molecular weight excluding hydrogens is 466 g/mol. The van der Waals surface area contributed by atoms with Crippen molar-refractivity contribution in [3.63, 3.8) is 0 Å². The van der Waals surface area contributed by atoms with E-state index in [0.717, 1.165) is 49.3 Å². The van der Waals surface area contributed by atoms with Crippen LogP contribution in [0.1, 0.15) is 34.3 Å². The first-order chi connectivity index (χ1) is 17.0. The lowest BCUT2D eigenvalue weighted by Gasteiger charge is -2.38. The molecule has 2 aromatic carbocycles. The number of aromatic nitrogens is 2. The first-order valence-electron chi connectivity index (χ1n) is 12.0. The van der Waals surface area contributed by atoms with Crippen LogP contribution in [-0.4, -0.2) is 83.6 Å². The Morgan fingerprint density at radius 2 is 1.74 bits per heavy atom. The normalized spacial score (nSPS) is 18.7. The van der Waals surface area contributed by atoms with Gasteiger partial charge < -0.3 is 14.5 Å². The molecule has 2 saturated heterocycles. The van der Waals surface area contributed by atoms with Gasteiger partial charge in [-0.1, -0.05) is 23.7 Å². The lowest BCUT2D eigenvalue weighted by atomic mass is 10.1. The van der Waals surface area contributed by atoms with Gasteiger partial charge in [-0.2, -0.15) is 0 Å². The number of carbonyl (C=O) groups is 2. The van der Waals surface area contributed by atoms with Crippen molar-refractivity contribution in [3.8, 4) is 0 Å². The van der Waals surface area contributed by atoms with Crippen LogP contribution in [0.4, 0.5) is 5.82 Å². The SMILES string of the molecule is CCOC(=O)c1nc(N2CCC(N3CCN(C(=O)c4ccc(Cl)cc4)CC3)C2)c2ccccc2n1. The van der Waals surface area contributed by atoms with E-state index in [1.54, 1.807) is 31.2 Å². The van der Waals surface area contributed by atoms with Crippen LogP contribution >= 0.6 is 11.6 Å². The zero-order valence-corrected chi connectivity index (χ0v) is 20.4. The Morgan fingerprint density at radius 1 is 1.00 bits per heavy atom. The maximum Gasteiger partial charge on any atom is 0.376 e. The molecule has 2 fully saturated rings. The minimum Gasteiger partial charge on any atom is -0.460 e. The van der Waals surface area contributed by atoms with Crippen molar-refractivity contribution < 1.29 is 14.3 Å². The van der Waals surface area contributed by atoms with Crippen molar-refractivity contribution in [2.75, 3.05) is 50.8 Å². The number of anilines is 1. The van der Waals surface area contributed by atoms with Crippen LogP contribution in [0, 0.1) is 0 Å². The Balaban J connectivity index is 1.26. The van der Waals surface area contributed by atoms with E-state index in [9.17, 15) is 9.59 Å². The summed E-state index contributed by atoms with van der Waals surface area (Å²) >= 11 is 5.95. The van der Waals surface area contributed by atoms with Crippen LogP contribution in [0.5, 0.6) is 0 Å². The second-order valence-corrected chi connectivity index (χ2v) is 9.27. The Kier molecular flexibility index (Phi) is 6.83. The molecule has 0 N–H and O–H groups in total. The molecule has 5 rings (SSSR count). The highest BCUT2D eigenvalue weighted by atomic mass is 35.5. The van der Waals surface area contributed by atoms with E-state index in [2.05, 4.69) is 19.8 Å². The van der Waals surface area contributed by atoms with Crippen LogP contribution in [0.25, 0.3) is 10.9 Å². The minimum absolute atomic E-state index is 0.0494. The number of piperazine rings is 1. The molecule has 9 heteroatoms. The summed E-state index contributed by atoms with van der Waals surface area (Å²) in [6.07, 6.45) is 0.998. The number of hydrogen-bond acceptors (Lipinski definition) is 7. The highest BCUT2D eigenvalue weighted by molar-refractivity contribution is 6.30. The number of para-hydroxylation sites is 1. The van der Waals surface area contributed by atoms with Crippen molar-refractivity contribution in [1.82, 2.24) is 19.8 Å². The summed E-state index contributed by atoms with van der Waals surface area (Å²) in [5.41, 5.74) is 1.40. The van der Waals surface area contributed by atoms with Gasteiger partial charge in [-0.15, -0.1) is 0 Å². The predicted octanol–water partition coefficient (Wildman–Crippen LogP) is 3.50. The lowest BCUT2D eigenvalue weighted by molar-refractivity contribution is 0.0511. The Bertz CT molecular complexity index is 1230. The van der Waals surface area contributed by atoms with Crippen molar-refractivity contribution in [3.05, 3.63) is 64.9 Å². The molecular formula is C26H28ClN5O3. The van der Waals surface area contributed by atoms with Gasteiger partial charge in [-0.25, -0.2) is 14.8 Å². The largest absolute Gasteiger partial charge is 0.460 e. The first kappa shape index (κ1) is 23.5. The maximum absolute atomic E-state index is 12.8. The van der Waals surface area contributed by atoms with Crippen molar-refractivity contribution in [2.24, 2.45) is 0 Å². The summed E-state index contributed by atoms with van der Waals surface area (Å²) in [6.45, 7) is 6.76. The van der Waals surface area contributed by atoms with Crippen LogP contribution in [0.2, 0.25) is 5.02 Å². The third kappa shape index (κ3) is 4.94. The maximum atomic E-state index is 12.8. The van der Waals surface area contributed by atoms with Gasteiger partial charge in [0.1, 0.15) is 5.82 Å². The number of halogens is 1. The van der Waals surface area contributed by atoms with Crippen LogP contribution < -0.4 is 4.90 Å². The van der Waals surface area contributed by atoms with Gasteiger partial charge in [0.05, 0.1) is 12.1 Å². The standard InChI is InChI=1S/C26H28ClN5O3/c1-2-35-26(34)23-28-22-6-4-3-5-21(22)24(29-23)32-12-11-20(17-32)30-13-15-31(16-14-30)25(33)18-7-9-19(27)10-8-18/h3-10,20H,2,11-17H2,1H3. The molecule has 1 atom stereocenters. The van der Waals surface area contributed by atoms with E-state index in [4.69, 9.17) is 16.3 Å². The molecule has 182 valence electrons. The molecule has 1 aromatic heterocycles. The van der Waals surface area contributed by atoms with E-state index < -0.39 is 5.97 Å². The fourth-order valence-corrected chi connectivity index (χ4v) is 5.01. The van der Waals surface area contributed by atoms with Gasteiger partial charge in [-0.05, 0) is 49.7 Å². The summed E-state index contributed by atoms with van der Waals surface area (Å²) in [5.74, 6) is 0.418. The van der Waals surface area contributed by atoms with Crippen LogP contribution in [-0.2, 0) is 4.74 Å². The number of rotatable bonds is 5. The summed E-state index contributed by atoms with van der Waals surface area (Å²) in [5, 5.41) is 1.56. The quantitative estimate of drug-likeness (QED) is 0.503. The molecule has 0 radical (unpaired) electrons. The number of nitrogens with zero attached hydrogens (tertiary/aromatic N) is 5. The van der Waals surface area contributed by atoms with Crippen molar-refractivity contribution >= 4 is 40.2 Å². The summed E-state index contributed by atoms with van der Waals surface area (Å²) < 4.78 is 5.15. The lowest BCUT2D eigenvalue weighted by Crippen LogP contribution is -2.52. The van der Waals surface area contributed by atoms with Crippen molar-refractivity contribution in [2.45, 2.75) is 19.4 Å². The fraction of sp³-hybridized carbons (Fsp3) is 0.385. The summed E-state index contributed by atoms with van der Waals surface area (Å²) in [4.78, 5) is 40.8. The van der Waals surface area contributed by atoms with Gasteiger partial charge in [0.2, 0.25) is 5.82 Å². The third-order valence-electron chi connectivity index (χ3n) is 6.71. The number of benzene rings is 2. The minimum atomic E-state index is -0.503. The molecule has 3 heterocycles. The Hall–Kier alpha value is -3.23. The molecule has 8 nitrogen and oxygen atoms in total.